The fourth-order valence-corrected chi connectivity index (χ4v) is 0.735. The molecular formula is C7H3NO4Pb. The molecule has 64 valence electrons. The number of aromatic carboxylic acids is 2. The van der Waals surface area contributed by atoms with E-state index in [1.807, 2.05) is 0 Å². The van der Waals surface area contributed by atoms with Crippen LogP contribution in [0, 0.1) is 0 Å². The average molecular weight is 372 g/mol. The Balaban J connectivity index is 0.00000144. The third kappa shape index (κ3) is 2.76. The number of carbonyl (C=O) groups is 2. The number of carbonyl (C=O) groups excluding carboxylic acids is 2. The summed E-state index contributed by atoms with van der Waals surface area (Å²) in [4.78, 5) is 24.0. The summed E-state index contributed by atoms with van der Waals surface area (Å²) in [7, 11) is 0. The molecule has 1 heterocycles. The Labute approximate surface area is 93.6 Å². The van der Waals surface area contributed by atoms with E-state index < -0.39 is 23.1 Å². The van der Waals surface area contributed by atoms with Gasteiger partial charge >= 0.3 is 27.3 Å². The second-order valence-corrected chi connectivity index (χ2v) is 2.00. The standard InChI is InChI=1S/C7H5NO4.Pb/c9-6(10)4-1-2-8-3-5(4)7(11)12;/h1-3H,(H,9,10)(H,11,12);/q;+2/p-2. The first-order valence-corrected chi connectivity index (χ1v) is 2.99. The Kier molecular flexibility index (Phi) is 4.53. The largest absolute Gasteiger partial charge is 2.00 e. The van der Waals surface area contributed by atoms with E-state index in [4.69, 9.17) is 0 Å². The van der Waals surface area contributed by atoms with Gasteiger partial charge in [-0.1, -0.05) is 0 Å². The first-order chi connectivity index (χ1) is 5.63. The zero-order chi connectivity index (χ0) is 9.14. The number of rotatable bonds is 2. The van der Waals surface area contributed by atoms with Crippen LogP contribution in [-0.4, -0.2) is 44.2 Å². The Morgan fingerprint density at radius 3 is 2.08 bits per heavy atom. The monoisotopic (exact) mass is 373 g/mol. The molecule has 1 aromatic rings. The first-order valence-electron chi connectivity index (χ1n) is 2.99. The van der Waals surface area contributed by atoms with E-state index in [0.717, 1.165) is 18.5 Å². The molecule has 0 fully saturated rings. The minimum atomic E-state index is -1.58. The molecule has 1 aromatic heterocycles. The van der Waals surface area contributed by atoms with Gasteiger partial charge in [0, 0.05) is 23.5 Å². The van der Waals surface area contributed by atoms with Crippen molar-refractivity contribution in [3.63, 3.8) is 0 Å². The molecule has 5 nitrogen and oxygen atoms in total. The van der Waals surface area contributed by atoms with Crippen LogP contribution in [0.5, 0.6) is 0 Å². The Morgan fingerprint density at radius 1 is 1.15 bits per heavy atom. The van der Waals surface area contributed by atoms with Gasteiger partial charge in [0.05, 0.1) is 11.9 Å². The second-order valence-electron chi connectivity index (χ2n) is 2.00. The van der Waals surface area contributed by atoms with Gasteiger partial charge < -0.3 is 19.8 Å². The summed E-state index contributed by atoms with van der Waals surface area (Å²) in [5, 5.41) is 20.6. The number of carboxylic acid groups (broad SMARTS) is 2. The molecular weight excluding hydrogens is 369 g/mol. The maximum absolute atomic E-state index is 10.3. The van der Waals surface area contributed by atoms with Gasteiger partial charge in [0.25, 0.3) is 0 Å². The third-order valence-corrected chi connectivity index (χ3v) is 1.26. The van der Waals surface area contributed by atoms with Crippen LogP contribution >= 0.6 is 0 Å². The van der Waals surface area contributed by atoms with Gasteiger partial charge in [-0.3, -0.25) is 4.98 Å². The van der Waals surface area contributed by atoms with E-state index >= 15 is 0 Å². The van der Waals surface area contributed by atoms with Gasteiger partial charge in [0.15, 0.2) is 0 Å². The molecule has 0 aromatic carbocycles. The van der Waals surface area contributed by atoms with E-state index in [1.54, 1.807) is 0 Å². The molecule has 2 radical (unpaired) electrons. The van der Waals surface area contributed by atoms with Gasteiger partial charge in [0.1, 0.15) is 0 Å². The van der Waals surface area contributed by atoms with Crippen molar-refractivity contribution in [2.75, 3.05) is 0 Å². The van der Waals surface area contributed by atoms with Crippen molar-refractivity contribution in [3.05, 3.63) is 29.6 Å². The Hall–Kier alpha value is -0.988. The molecule has 0 atom stereocenters. The van der Waals surface area contributed by atoms with Crippen molar-refractivity contribution in [3.8, 4) is 0 Å². The molecule has 0 aliphatic rings. The number of aromatic nitrogens is 1. The zero-order valence-electron chi connectivity index (χ0n) is 6.31. The van der Waals surface area contributed by atoms with Crippen LogP contribution in [0.1, 0.15) is 20.7 Å². The molecule has 0 amide bonds. The van der Waals surface area contributed by atoms with Crippen LogP contribution in [0.2, 0.25) is 0 Å². The van der Waals surface area contributed by atoms with Crippen LogP contribution in [0.15, 0.2) is 18.5 Å². The summed E-state index contributed by atoms with van der Waals surface area (Å²) in [6.07, 6.45) is 2.07. The predicted molar refractivity (Wildman–Crippen MR) is 38.7 cm³/mol. The maximum Gasteiger partial charge on any atom is 2.00 e. The number of pyridine rings is 1. The molecule has 0 N–H and O–H groups in total. The van der Waals surface area contributed by atoms with Gasteiger partial charge in [-0.25, -0.2) is 0 Å². The Morgan fingerprint density at radius 2 is 1.69 bits per heavy atom. The van der Waals surface area contributed by atoms with E-state index in [2.05, 4.69) is 4.98 Å². The normalized spacial score (nSPS) is 8.62. The van der Waals surface area contributed by atoms with Crippen molar-refractivity contribution < 1.29 is 19.8 Å². The summed E-state index contributed by atoms with van der Waals surface area (Å²) in [5.74, 6) is -3.14. The fraction of sp³-hybridized carbons (Fsp3) is 0. The minimum Gasteiger partial charge on any atom is -0.545 e. The minimum absolute atomic E-state index is 0. The topological polar surface area (TPSA) is 93.2 Å². The van der Waals surface area contributed by atoms with Gasteiger partial charge in [-0.15, -0.1) is 0 Å². The quantitative estimate of drug-likeness (QED) is 0.532. The number of hydrogen-bond acceptors (Lipinski definition) is 5. The summed E-state index contributed by atoms with van der Waals surface area (Å²) >= 11 is 0. The van der Waals surface area contributed by atoms with Gasteiger partial charge in [-0.2, -0.15) is 0 Å². The van der Waals surface area contributed by atoms with E-state index in [0.29, 0.717) is 0 Å². The van der Waals surface area contributed by atoms with Crippen LogP contribution in [-0.2, 0) is 0 Å². The first kappa shape index (κ1) is 12.0. The average Bonchev–Trinajstić information content (AvgIpc) is 2.04. The van der Waals surface area contributed by atoms with Crippen molar-refractivity contribution in [2.45, 2.75) is 0 Å². The van der Waals surface area contributed by atoms with Crippen molar-refractivity contribution in [2.24, 2.45) is 0 Å². The van der Waals surface area contributed by atoms with Crippen LogP contribution in [0.25, 0.3) is 0 Å². The van der Waals surface area contributed by atoms with Crippen LogP contribution < -0.4 is 10.2 Å². The number of nitrogens with zero attached hydrogens (tertiary/aromatic N) is 1. The van der Waals surface area contributed by atoms with Crippen LogP contribution in [0.3, 0.4) is 0 Å². The Bertz CT molecular complexity index is 306. The van der Waals surface area contributed by atoms with Crippen molar-refractivity contribution >= 4 is 39.2 Å². The molecule has 1 rings (SSSR count). The molecule has 0 spiro atoms. The molecule has 0 aliphatic carbocycles. The third-order valence-electron chi connectivity index (χ3n) is 1.26. The molecule has 0 unspecified atom stereocenters. The van der Waals surface area contributed by atoms with E-state index in [-0.39, 0.29) is 27.3 Å². The molecule has 6 heteroatoms. The molecule has 0 saturated carbocycles. The number of hydrogen-bond donors (Lipinski definition) is 0. The summed E-state index contributed by atoms with van der Waals surface area (Å²) in [6.45, 7) is 0. The van der Waals surface area contributed by atoms with Gasteiger partial charge in [0.2, 0.25) is 0 Å². The SMILES string of the molecule is O=C([O-])c1ccncc1C(=O)[O-].[Pb+2]. The second kappa shape index (κ2) is 4.90. The summed E-state index contributed by atoms with van der Waals surface area (Å²) in [6, 6.07) is 1.04. The zero-order valence-corrected chi connectivity index (χ0v) is 10.2. The maximum atomic E-state index is 10.3. The molecule has 0 aliphatic heterocycles. The molecule has 13 heavy (non-hydrogen) atoms. The van der Waals surface area contributed by atoms with Crippen molar-refractivity contribution in [1.29, 1.82) is 0 Å². The summed E-state index contributed by atoms with van der Waals surface area (Å²) < 4.78 is 0. The molecule has 0 bridgehead atoms. The summed E-state index contributed by atoms with van der Waals surface area (Å²) in [5.41, 5.74) is -0.900. The van der Waals surface area contributed by atoms with Crippen molar-refractivity contribution in [1.82, 2.24) is 4.98 Å². The van der Waals surface area contributed by atoms with E-state index in [1.165, 1.54) is 0 Å². The predicted octanol–water partition coefficient (Wildman–Crippen LogP) is -2.57. The number of carboxylic acids is 2. The fourth-order valence-electron chi connectivity index (χ4n) is 0.735. The molecule has 0 saturated heterocycles. The van der Waals surface area contributed by atoms with E-state index in [9.17, 15) is 19.8 Å². The smallest absolute Gasteiger partial charge is 0.545 e. The van der Waals surface area contributed by atoms with Gasteiger partial charge in [-0.05, 0) is 6.07 Å². The van der Waals surface area contributed by atoms with Crippen LogP contribution in [0.4, 0.5) is 0 Å².